The maximum atomic E-state index is 12.5. The number of hydrogen-bond acceptors (Lipinski definition) is 4. The maximum absolute atomic E-state index is 12.5. The fraction of sp³-hybridized carbons (Fsp3) is 0.500. The minimum atomic E-state index is -1.19. The molecule has 2 N–H and O–H groups in total. The molecule has 2 rings (SSSR count). The van der Waals surface area contributed by atoms with Gasteiger partial charge in [0.15, 0.2) is 0 Å². The van der Waals surface area contributed by atoms with Crippen LogP contribution in [0, 0.1) is 0 Å². The predicted molar refractivity (Wildman–Crippen MR) is 94.6 cm³/mol. The summed E-state index contributed by atoms with van der Waals surface area (Å²) in [5, 5.41) is 12.1. The minimum absolute atomic E-state index is 0.0398. The van der Waals surface area contributed by atoms with Crippen molar-refractivity contribution in [3.05, 3.63) is 35.9 Å². The molecule has 1 aromatic carbocycles. The Kier molecular flexibility index (Phi) is 6.07. The second-order valence-electron chi connectivity index (χ2n) is 7.12. The highest BCUT2D eigenvalue weighted by Gasteiger charge is 2.38. The predicted octanol–water partition coefficient (Wildman–Crippen LogP) is 1.90. The number of hydrogen-bond donors (Lipinski definition) is 2. The third-order valence-corrected chi connectivity index (χ3v) is 3.89. The van der Waals surface area contributed by atoms with E-state index in [9.17, 15) is 19.5 Å². The first-order valence-electron chi connectivity index (χ1n) is 8.46. The van der Waals surface area contributed by atoms with Gasteiger partial charge in [0, 0.05) is 19.6 Å². The van der Waals surface area contributed by atoms with Crippen molar-refractivity contribution in [1.29, 1.82) is 0 Å². The van der Waals surface area contributed by atoms with Crippen molar-refractivity contribution in [2.45, 2.75) is 39.0 Å². The topological polar surface area (TPSA) is 99.2 Å². The van der Waals surface area contributed by atoms with E-state index in [2.05, 4.69) is 5.32 Å². The van der Waals surface area contributed by atoms with Gasteiger partial charge in [0.2, 0.25) is 5.91 Å². The zero-order valence-corrected chi connectivity index (χ0v) is 15.3. The van der Waals surface area contributed by atoms with Gasteiger partial charge < -0.3 is 20.1 Å². The van der Waals surface area contributed by atoms with Gasteiger partial charge in [-0.05, 0) is 26.3 Å². The van der Waals surface area contributed by atoms with Crippen LogP contribution in [0.25, 0.3) is 0 Å². The number of nitrogens with zero attached hydrogens (tertiary/aromatic N) is 2. The number of nitrogens with one attached hydrogen (secondary N) is 1. The third kappa shape index (κ3) is 5.37. The second-order valence-corrected chi connectivity index (χ2v) is 7.12. The highest BCUT2D eigenvalue weighted by molar-refractivity contribution is 5.86. The van der Waals surface area contributed by atoms with Crippen molar-refractivity contribution in [2.24, 2.45) is 0 Å². The molecule has 1 heterocycles. The average Bonchev–Trinajstić information content (AvgIpc) is 2.58. The molecule has 0 spiro atoms. The Morgan fingerprint density at radius 3 is 2.42 bits per heavy atom. The Hall–Kier alpha value is -2.77. The molecule has 1 unspecified atom stereocenters. The van der Waals surface area contributed by atoms with Crippen molar-refractivity contribution < 1.29 is 24.2 Å². The molecule has 1 fully saturated rings. The van der Waals surface area contributed by atoms with Crippen LogP contribution < -0.4 is 5.32 Å². The van der Waals surface area contributed by atoms with E-state index < -0.39 is 29.7 Å². The van der Waals surface area contributed by atoms with Crippen molar-refractivity contribution in [1.82, 2.24) is 15.1 Å². The summed E-state index contributed by atoms with van der Waals surface area (Å²) in [4.78, 5) is 38.7. The number of piperazine rings is 1. The monoisotopic (exact) mass is 363 g/mol. The van der Waals surface area contributed by atoms with E-state index in [1.165, 1.54) is 4.90 Å². The van der Waals surface area contributed by atoms with Crippen molar-refractivity contribution in [2.75, 3.05) is 19.6 Å². The number of carbonyl (C=O) groups excluding carboxylic acids is 2. The van der Waals surface area contributed by atoms with E-state index in [1.807, 2.05) is 30.3 Å². The summed E-state index contributed by atoms with van der Waals surface area (Å²) >= 11 is 0. The van der Waals surface area contributed by atoms with E-state index in [4.69, 9.17) is 4.74 Å². The van der Waals surface area contributed by atoms with Crippen LogP contribution in [0.15, 0.2) is 30.3 Å². The number of carbonyl (C=O) groups is 3. The normalized spacial score (nSPS) is 17.6. The zero-order chi connectivity index (χ0) is 19.3. The maximum Gasteiger partial charge on any atom is 0.410 e. The molecule has 0 radical (unpaired) electrons. The Morgan fingerprint density at radius 1 is 1.19 bits per heavy atom. The molecule has 0 saturated carbocycles. The molecule has 1 aromatic rings. The molecule has 26 heavy (non-hydrogen) atoms. The standard InChI is InChI=1S/C18H25N3O5/c1-18(2,3)26-17(25)20-9-10-21(16(23)24)14(12-20)15(22)19-11-13-7-5-4-6-8-13/h4-8,14H,9-12H2,1-3H3,(H,19,22)(H,23,24). The molecular weight excluding hydrogens is 338 g/mol. The lowest BCUT2D eigenvalue weighted by molar-refractivity contribution is -0.127. The van der Waals surface area contributed by atoms with Crippen molar-refractivity contribution in [3.63, 3.8) is 0 Å². The van der Waals surface area contributed by atoms with Gasteiger partial charge in [-0.25, -0.2) is 9.59 Å². The Labute approximate surface area is 152 Å². The summed E-state index contributed by atoms with van der Waals surface area (Å²) in [7, 11) is 0. The fourth-order valence-electron chi connectivity index (χ4n) is 2.63. The molecule has 1 atom stereocenters. The summed E-state index contributed by atoms with van der Waals surface area (Å²) in [6.07, 6.45) is -1.74. The Balaban J connectivity index is 2.04. The molecule has 8 nitrogen and oxygen atoms in total. The van der Waals surface area contributed by atoms with Gasteiger partial charge in [0.25, 0.3) is 0 Å². The number of rotatable bonds is 3. The third-order valence-electron chi connectivity index (χ3n) is 3.89. The van der Waals surface area contributed by atoms with E-state index in [0.29, 0.717) is 0 Å². The fourth-order valence-corrected chi connectivity index (χ4v) is 2.63. The van der Waals surface area contributed by atoms with Crippen LogP contribution in [0.4, 0.5) is 9.59 Å². The SMILES string of the molecule is CC(C)(C)OC(=O)N1CCN(C(=O)O)C(C(=O)NCc2ccccc2)C1. The molecule has 0 aromatic heterocycles. The van der Waals surface area contributed by atoms with Gasteiger partial charge in [0.1, 0.15) is 11.6 Å². The van der Waals surface area contributed by atoms with Crippen LogP contribution in [-0.4, -0.2) is 64.3 Å². The van der Waals surface area contributed by atoms with E-state index in [1.54, 1.807) is 20.8 Å². The van der Waals surface area contributed by atoms with Crippen LogP contribution in [0.1, 0.15) is 26.3 Å². The molecule has 8 heteroatoms. The summed E-state index contributed by atoms with van der Waals surface area (Å²) in [5.41, 5.74) is 0.244. The summed E-state index contributed by atoms with van der Waals surface area (Å²) < 4.78 is 5.32. The number of ether oxygens (including phenoxy) is 1. The van der Waals surface area contributed by atoms with E-state index in [-0.39, 0.29) is 26.2 Å². The molecule has 3 amide bonds. The molecule has 1 aliphatic heterocycles. The van der Waals surface area contributed by atoms with Gasteiger partial charge in [-0.3, -0.25) is 9.69 Å². The van der Waals surface area contributed by atoms with Gasteiger partial charge in [-0.1, -0.05) is 30.3 Å². The zero-order valence-electron chi connectivity index (χ0n) is 15.3. The molecule has 0 bridgehead atoms. The molecule has 1 saturated heterocycles. The highest BCUT2D eigenvalue weighted by atomic mass is 16.6. The van der Waals surface area contributed by atoms with Crippen LogP contribution >= 0.6 is 0 Å². The first-order chi connectivity index (χ1) is 12.2. The number of amides is 3. The van der Waals surface area contributed by atoms with Crippen molar-refractivity contribution >= 4 is 18.1 Å². The van der Waals surface area contributed by atoms with Gasteiger partial charge in [-0.15, -0.1) is 0 Å². The minimum Gasteiger partial charge on any atom is -0.465 e. The summed E-state index contributed by atoms with van der Waals surface area (Å²) in [5.74, 6) is -0.440. The summed E-state index contributed by atoms with van der Waals surface area (Å²) in [6.45, 7) is 5.74. The highest BCUT2D eigenvalue weighted by Crippen LogP contribution is 2.15. The van der Waals surface area contributed by atoms with Gasteiger partial charge in [0.05, 0.1) is 6.54 Å². The first kappa shape index (κ1) is 19.6. The first-order valence-corrected chi connectivity index (χ1v) is 8.46. The quantitative estimate of drug-likeness (QED) is 0.854. The van der Waals surface area contributed by atoms with Crippen LogP contribution in [0.3, 0.4) is 0 Å². The van der Waals surface area contributed by atoms with Gasteiger partial charge in [-0.2, -0.15) is 0 Å². The second kappa shape index (κ2) is 8.07. The van der Waals surface area contributed by atoms with Crippen LogP contribution in [-0.2, 0) is 16.1 Å². The largest absolute Gasteiger partial charge is 0.465 e. The van der Waals surface area contributed by atoms with E-state index >= 15 is 0 Å². The lowest BCUT2D eigenvalue weighted by atomic mass is 10.1. The molecule has 1 aliphatic rings. The molecule has 142 valence electrons. The van der Waals surface area contributed by atoms with Crippen LogP contribution in [0.5, 0.6) is 0 Å². The lowest BCUT2D eigenvalue weighted by Gasteiger charge is -2.39. The molecular formula is C18H25N3O5. The smallest absolute Gasteiger partial charge is 0.410 e. The number of benzene rings is 1. The lowest BCUT2D eigenvalue weighted by Crippen LogP contribution is -2.61. The molecule has 0 aliphatic carbocycles. The van der Waals surface area contributed by atoms with Crippen molar-refractivity contribution in [3.8, 4) is 0 Å². The Morgan fingerprint density at radius 2 is 1.85 bits per heavy atom. The van der Waals surface area contributed by atoms with E-state index in [0.717, 1.165) is 10.5 Å². The Bertz CT molecular complexity index is 657. The van der Waals surface area contributed by atoms with Crippen LogP contribution in [0.2, 0.25) is 0 Å². The average molecular weight is 363 g/mol. The summed E-state index contributed by atoms with van der Waals surface area (Å²) in [6, 6.07) is 8.34. The van der Waals surface area contributed by atoms with Gasteiger partial charge >= 0.3 is 12.2 Å². The number of carboxylic acid groups (broad SMARTS) is 1.